The second-order valence-electron chi connectivity index (χ2n) is 6.03. The second kappa shape index (κ2) is 9.72. The van der Waals surface area contributed by atoms with E-state index >= 15 is 0 Å². The Morgan fingerprint density at radius 3 is 2.28 bits per heavy atom. The van der Waals surface area contributed by atoms with Crippen LogP contribution < -0.4 is 9.22 Å². The van der Waals surface area contributed by atoms with E-state index in [0.29, 0.717) is 0 Å². The number of aryl methyl sites for hydroxylation is 1. The molecular weight excluding hydrogens is 396 g/mol. The average Bonchev–Trinajstić information content (AvgIpc) is 2.71. The van der Waals surface area contributed by atoms with Gasteiger partial charge in [0.15, 0.2) is 12.3 Å². The molecule has 0 aromatic heterocycles. The first-order valence-corrected chi connectivity index (χ1v) is 10.1. The van der Waals surface area contributed by atoms with Gasteiger partial charge in [0.2, 0.25) is 4.91 Å². The predicted molar refractivity (Wildman–Crippen MR) is 105 cm³/mol. The van der Waals surface area contributed by atoms with Crippen LogP contribution in [0.15, 0.2) is 58.5 Å². The summed E-state index contributed by atoms with van der Waals surface area (Å²) < 4.78 is 32.2. The van der Waals surface area contributed by atoms with Gasteiger partial charge in [0.25, 0.3) is 10.0 Å². The van der Waals surface area contributed by atoms with E-state index in [-0.39, 0.29) is 22.8 Å². The molecule has 29 heavy (non-hydrogen) atoms. The molecular formula is C19H21N4O5S+. The van der Waals surface area contributed by atoms with Crippen molar-refractivity contribution in [1.82, 2.24) is 4.91 Å². The third kappa shape index (κ3) is 5.56. The third-order valence-corrected chi connectivity index (χ3v) is 5.70. The van der Waals surface area contributed by atoms with Crippen molar-refractivity contribution in [1.29, 1.82) is 5.53 Å². The van der Waals surface area contributed by atoms with Gasteiger partial charge >= 0.3 is 5.97 Å². The van der Waals surface area contributed by atoms with Gasteiger partial charge in [0.1, 0.15) is 10.6 Å². The van der Waals surface area contributed by atoms with Crippen molar-refractivity contribution < 1.29 is 22.7 Å². The van der Waals surface area contributed by atoms with Crippen molar-refractivity contribution in [3.8, 4) is 0 Å². The zero-order valence-corrected chi connectivity index (χ0v) is 16.8. The van der Waals surface area contributed by atoms with E-state index in [1.54, 1.807) is 19.1 Å². The molecule has 0 saturated carbocycles. The molecule has 0 unspecified atom stereocenters. The topological polar surface area (TPSA) is 131 Å². The molecule has 9 nitrogen and oxygen atoms in total. The fraction of sp³-hybridized carbons (Fsp3) is 0.263. The number of Topliss-reactive ketones (excluding diaryl/α,β-unsaturated/α-hetero) is 1. The van der Waals surface area contributed by atoms with Crippen molar-refractivity contribution >= 4 is 27.5 Å². The Labute approximate surface area is 168 Å². The molecule has 0 atom stereocenters. The molecule has 0 amide bonds. The lowest BCUT2D eigenvalue weighted by Crippen LogP contribution is -2.36. The number of rotatable bonds is 9. The minimum absolute atomic E-state index is 0.0208. The number of anilines is 1. The second-order valence-corrected chi connectivity index (χ2v) is 7.89. The first kappa shape index (κ1) is 21.9. The number of ketones is 1. The summed E-state index contributed by atoms with van der Waals surface area (Å²) in [5.41, 5.74) is 8.00. The Bertz CT molecular complexity index is 1030. The molecule has 0 aliphatic rings. The van der Waals surface area contributed by atoms with Crippen molar-refractivity contribution in [2.24, 2.45) is 5.11 Å². The Morgan fingerprint density at radius 2 is 1.72 bits per heavy atom. The Kier molecular flexibility index (Phi) is 7.35. The van der Waals surface area contributed by atoms with Crippen LogP contribution in [0.2, 0.25) is 0 Å². The van der Waals surface area contributed by atoms with Crippen LogP contribution in [0, 0.1) is 12.5 Å². The summed E-state index contributed by atoms with van der Waals surface area (Å²) in [4.78, 5) is 26.8. The van der Waals surface area contributed by atoms with Gasteiger partial charge in [-0.2, -0.15) is 0 Å². The molecule has 0 aliphatic heterocycles. The minimum atomic E-state index is -4.06. The number of nitrogens with one attached hydrogen (secondary N) is 1. The zero-order valence-electron chi connectivity index (χ0n) is 16.0. The van der Waals surface area contributed by atoms with Gasteiger partial charge in [-0.25, -0.2) is 13.2 Å². The monoisotopic (exact) mass is 417 g/mol. The van der Waals surface area contributed by atoms with Gasteiger partial charge in [0.05, 0.1) is 29.3 Å². The van der Waals surface area contributed by atoms with Crippen LogP contribution in [0.5, 0.6) is 0 Å². The van der Waals surface area contributed by atoms with E-state index in [9.17, 15) is 18.0 Å². The molecule has 10 heteroatoms. The standard InChI is InChI=1S/C19H21N4O5S/c1-3-28-19(25)15-6-8-16(9-7-15)23(13-17(24)12-21-22-20)29(26,27)18-10-4-14(2)5-11-18/h4-11,20H,3,12-13H2,1-2H3/q+1. The molecule has 0 fully saturated rings. The van der Waals surface area contributed by atoms with Crippen LogP contribution in [-0.2, 0) is 19.6 Å². The first-order chi connectivity index (χ1) is 13.8. The fourth-order valence-corrected chi connectivity index (χ4v) is 3.90. The summed E-state index contributed by atoms with van der Waals surface area (Å²) in [6.45, 7) is 2.82. The van der Waals surface area contributed by atoms with Crippen LogP contribution in [0.1, 0.15) is 22.8 Å². The molecule has 2 rings (SSSR count). The molecule has 0 heterocycles. The van der Waals surface area contributed by atoms with Gasteiger partial charge in [-0.1, -0.05) is 17.7 Å². The highest BCUT2D eigenvalue weighted by atomic mass is 32.2. The summed E-state index contributed by atoms with van der Waals surface area (Å²) in [5, 5.41) is 3.30. The smallest absolute Gasteiger partial charge is 0.338 e. The lowest BCUT2D eigenvalue weighted by Gasteiger charge is -2.23. The minimum Gasteiger partial charge on any atom is -0.462 e. The maximum atomic E-state index is 13.2. The summed E-state index contributed by atoms with van der Waals surface area (Å²) in [6, 6.07) is 11.9. The molecule has 0 radical (unpaired) electrons. The molecule has 2 aromatic carbocycles. The Balaban J connectivity index is 2.44. The van der Waals surface area contributed by atoms with Gasteiger partial charge in [-0.05, 0) is 50.2 Å². The number of sulfonamides is 1. The quantitative estimate of drug-likeness (QED) is 0.380. The highest BCUT2D eigenvalue weighted by Gasteiger charge is 2.27. The van der Waals surface area contributed by atoms with E-state index < -0.39 is 34.9 Å². The molecule has 0 saturated heterocycles. The van der Waals surface area contributed by atoms with E-state index in [1.807, 2.05) is 6.92 Å². The van der Waals surface area contributed by atoms with E-state index in [0.717, 1.165) is 9.87 Å². The molecule has 1 N–H and O–H groups in total. The highest BCUT2D eigenvalue weighted by Crippen LogP contribution is 2.24. The van der Waals surface area contributed by atoms with Gasteiger partial charge in [-0.3, -0.25) is 9.10 Å². The van der Waals surface area contributed by atoms with Crippen molar-refractivity contribution in [2.75, 3.05) is 24.0 Å². The normalized spacial score (nSPS) is 10.7. The molecule has 0 bridgehead atoms. The SMILES string of the molecule is CCOC(=O)c1ccc(N(CC(=O)CN=[N+]=N)S(=O)(=O)c2ccc(C)cc2)cc1. The number of ether oxygens (including phenoxy) is 1. The van der Waals surface area contributed by atoms with Crippen LogP contribution in [0.3, 0.4) is 0 Å². The first-order valence-electron chi connectivity index (χ1n) is 8.71. The van der Waals surface area contributed by atoms with Crippen LogP contribution in [0.25, 0.3) is 0 Å². The van der Waals surface area contributed by atoms with Gasteiger partial charge in [0, 0.05) is 0 Å². The van der Waals surface area contributed by atoms with E-state index in [1.165, 1.54) is 36.4 Å². The predicted octanol–water partition coefficient (Wildman–Crippen LogP) is 2.49. The molecule has 152 valence electrons. The Hall–Kier alpha value is -3.36. The van der Waals surface area contributed by atoms with E-state index in [4.69, 9.17) is 10.3 Å². The Morgan fingerprint density at radius 1 is 1.10 bits per heavy atom. The summed E-state index contributed by atoms with van der Waals surface area (Å²) in [6.07, 6.45) is 0. The maximum Gasteiger partial charge on any atom is 0.338 e. The van der Waals surface area contributed by atoms with Crippen molar-refractivity contribution in [2.45, 2.75) is 18.7 Å². The van der Waals surface area contributed by atoms with Gasteiger partial charge in [-0.15, -0.1) is 0 Å². The summed E-state index contributed by atoms with van der Waals surface area (Å²) >= 11 is 0. The van der Waals surface area contributed by atoms with Crippen LogP contribution in [-0.4, -0.2) is 39.9 Å². The number of esters is 1. The van der Waals surface area contributed by atoms with Crippen molar-refractivity contribution in [3.63, 3.8) is 0 Å². The number of hydrogen-bond donors (Lipinski definition) is 1. The molecule has 0 spiro atoms. The number of hydrogen-bond acceptors (Lipinski definition) is 7. The molecule has 2 aromatic rings. The van der Waals surface area contributed by atoms with Crippen LogP contribution >= 0.6 is 0 Å². The van der Waals surface area contributed by atoms with Gasteiger partial charge < -0.3 is 4.74 Å². The fourth-order valence-electron chi connectivity index (χ4n) is 2.46. The van der Waals surface area contributed by atoms with Crippen LogP contribution in [0.4, 0.5) is 5.69 Å². The van der Waals surface area contributed by atoms with E-state index in [2.05, 4.69) is 10.0 Å². The zero-order chi connectivity index (χ0) is 21.4. The number of nitrogens with zero attached hydrogens (tertiary/aromatic N) is 3. The highest BCUT2D eigenvalue weighted by molar-refractivity contribution is 7.92. The lowest BCUT2D eigenvalue weighted by molar-refractivity contribution is -0.116. The number of carbonyl (C=O) groups excluding carboxylic acids is 2. The number of carbonyl (C=O) groups is 2. The molecule has 0 aliphatic carbocycles. The third-order valence-electron chi connectivity index (χ3n) is 3.91. The average molecular weight is 417 g/mol. The summed E-state index contributed by atoms with van der Waals surface area (Å²) in [5.74, 6) is -1.06. The lowest BCUT2D eigenvalue weighted by atomic mass is 10.2. The summed E-state index contributed by atoms with van der Waals surface area (Å²) in [7, 11) is -4.06. The largest absolute Gasteiger partial charge is 0.462 e. The van der Waals surface area contributed by atoms with Crippen molar-refractivity contribution in [3.05, 3.63) is 59.7 Å². The number of benzene rings is 2. The maximum absolute atomic E-state index is 13.2.